The van der Waals surface area contributed by atoms with E-state index in [1.807, 2.05) is 0 Å². The second-order valence-electron chi connectivity index (χ2n) is 1.26. The largest absolute Gasteiger partial charge is 0.481 e. The van der Waals surface area contributed by atoms with Gasteiger partial charge < -0.3 is 5.11 Å². The Bertz CT molecular complexity index is 114. The molecule has 2 nitrogen and oxygen atoms in total. The van der Waals surface area contributed by atoms with Crippen molar-refractivity contribution in [3.8, 4) is 0 Å². The lowest BCUT2D eigenvalue weighted by molar-refractivity contribution is -0.135. The minimum absolute atomic E-state index is 0.0754. The molecule has 0 aromatic carbocycles. The van der Waals surface area contributed by atoms with Crippen LogP contribution in [0.5, 0.6) is 0 Å². The predicted molar refractivity (Wildman–Crippen MR) is 31.6 cm³/mol. The van der Waals surface area contributed by atoms with Crippen LogP contribution in [0.15, 0.2) is 24.8 Å². The number of aliphatic carboxylic acids is 1. The van der Waals surface area contributed by atoms with Crippen molar-refractivity contribution in [1.29, 1.82) is 0 Å². The average molecular weight is 112 g/mol. The highest BCUT2D eigenvalue weighted by molar-refractivity contribution is 5.68. The number of carboxylic acids is 1. The molecule has 0 atom stereocenters. The monoisotopic (exact) mass is 112 g/mol. The van der Waals surface area contributed by atoms with E-state index in [1.165, 1.54) is 6.08 Å². The van der Waals surface area contributed by atoms with Crippen molar-refractivity contribution in [1.82, 2.24) is 0 Å². The minimum Gasteiger partial charge on any atom is -0.481 e. The van der Waals surface area contributed by atoms with E-state index < -0.39 is 5.97 Å². The lowest BCUT2D eigenvalue weighted by Crippen LogP contribution is -1.88. The quantitative estimate of drug-likeness (QED) is 0.557. The van der Waals surface area contributed by atoms with Crippen LogP contribution in [-0.4, -0.2) is 11.1 Å². The van der Waals surface area contributed by atoms with Crippen LogP contribution in [0.25, 0.3) is 0 Å². The smallest absolute Gasteiger partial charge is 0.307 e. The molecule has 0 unspecified atom stereocenters. The summed E-state index contributed by atoms with van der Waals surface area (Å²) in [5, 5.41) is 8.05. The molecule has 0 heterocycles. The second kappa shape index (κ2) is 4.12. The van der Waals surface area contributed by atoms with Gasteiger partial charge in [0, 0.05) is 0 Å². The highest BCUT2D eigenvalue weighted by Gasteiger charge is 1.85. The first-order valence-electron chi connectivity index (χ1n) is 2.26. The van der Waals surface area contributed by atoms with Gasteiger partial charge in [-0.2, -0.15) is 0 Å². The van der Waals surface area contributed by atoms with Crippen LogP contribution in [0.4, 0.5) is 0 Å². The van der Waals surface area contributed by atoms with Crippen molar-refractivity contribution >= 4 is 5.97 Å². The molecule has 0 aliphatic rings. The summed E-state index contributed by atoms with van der Waals surface area (Å²) in [5.41, 5.74) is 0. The summed E-state index contributed by atoms with van der Waals surface area (Å²) in [5.74, 6) is -0.817. The molecular weight excluding hydrogens is 104 g/mol. The van der Waals surface area contributed by atoms with E-state index >= 15 is 0 Å². The van der Waals surface area contributed by atoms with Gasteiger partial charge in [0.2, 0.25) is 0 Å². The molecule has 0 aromatic rings. The summed E-state index contributed by atoms with van der Waals surface area (Å²) in [6.07, 6.45) is 4.76. The Balaban J connectivity index is 3.29. The van der Waals surface area contributed by atoms with E-state index in [4.69, 9.17) is 5.11 Å². The second-order valence-corrected chi connectivity index (χ2v) is 1.26. The van der Waals surface area contributed by atoms with E-state index in [2.05, 4.69) is 6.58 Å². The van der Waals surface area contributed by atoms with Crippen LogP contribution in [0.3, 0.4) is 0 Å². The number of hydrogen-bond donors (Lipinski definition) is 1. The summed E-state index contributed by atoms with van der Waals surface area (Å²) in [4.78, 5) is 9.79. The number of hydrogen-bond acceptors (Lipinski definition) is 1. The fourth-order valence-corrected chi connectivity index (χ4v) is 0.265. The van der Waals surface area contributed by atoms with Gasteiger partial charge in [0.25, 0.3) is 0 Å². The van der Waals surface area contributed by atoms with Crippen molar-refractivity contribution in [2.75, 3.05) is 0 Å². The molecule has 0 bridgehead atoms. The molecule has 0 aliphatic carbocycles. The van der Waals surface area contributed by atoms with Gasteiger partial charge in [0.15, 0.2) is 0 Å². The molecule has 44 valence electrons. The fourth-order valence-electron chi connectivity index (χ4n) is 0.265. The third-order valence-corrected chi connectivity index (χ3v) is 0.565. The first kappa shape index (κ1) is 6.95. The van der Waals surface area contributed by atoms with E-state index in [0.717, 1.165) is 0 Å². The van der Waals surface area contributed by atoms with Crippen LogP contribution >= 0.6 is 0 Å². The molecule has 2 heteroatoms. The Morgan fingerprint density at radius 2 is 2.38 bits per heavy atom. The van der Waals surface area contributed by atoms with Crippen LogP contribution < -0.4 is 0 Å². The maximum atomic E-state index is 9.79. The van der Waals surface area contributed by atoms with Crippen molar-refractivity contribution in [2.45, 2.75) is 6.42 Å². The lowest BCUT2D eigenvalue weighted by Gasteiger charge is -1.78. The fraction of sp³-hybridized carbons (Fsp3) is 0.167. The third kappa shape index (κ3) is 4.95. The van der Waals surface area contributed by atoms with Crippen molar-refractivity contribution in [3.63, 3.8) is 0 Å². The molecule has 0 aliphatic heterocycles. The molecule has 1 N–H and O–H groups in total. The molecule has 0 spiro atoms. The Labute approximate surface area is 48.1 Å². The van der Waals surface area contributed by atoms with Crippen molar-refractivity contribution in [2.24, 2.45) is 0 Å². The maximum absolute atomic E-state index is 9.79. The summed E-state index contributed by atoms with van der Waals surface area (Å²) in [6.45, 7) is 3.38. The van der Waals surface area contributed by atoms with Crippen molar-refractivity contribution in [3.05, 3.63) is 24.8 Å². The molecule has 0 fully saturated rings. The number of rotatable bonds is 3. The van der Waals surface area contributed by atoms with Gasteiger partial charge in [-0.25, -0.2) is 0 Å². The summed E-state index contributed by atoms with van der Waals surface area (Å²) < 4.78 is 0. The van der Waals surface area contributed by atoms with Gasteiger partial charge >= 0.3 is 5.97 Å². The molecule has 0 aromatic heterocycles. The van der Waals surface area contributed by atoms with Crippen LogP contribution in [-0.2, 0) is 4.79 Å². The van der Waals surface area contributed by atoms with E-state index in [0.29, 0.717) is 0 Å². The maximum Gasteiger partial charge on any atom is 0.307 e. The Hall–Kier alpha value is -1.05. The van der Waals surface area contributed by atoms with Gasteiger partial charge in [-0.3, -0.25) is 4.79 Å². The average Bonchev–Trinajstić information content (AvgIpc) is 1.66. The van der Waals surface area contributed by atoms with Crippen LogP contribution in [0.1, 0.15) is 6.42 Å². The molecule has 8 heavy (non-hydrogen) atoms. The molecular formula is C6H8O2. The summed E-state index contributed by atoms with van der Waals surface area (Å²) in [6, 6.07) is 0. The zero-order valence-electron chi connectivity index (χ0n) is 4.50. The first-order chi connectivity index (χ1) is 3.77. The molecule has 0 rings (SSSR count). The van der Waals surface area contributed by atoms with Crippen LogP contribution in [0.2, 0.25) is 0 Å². The van der Waals surface area contributed by atoms with Crippen LogP contribution in [0, 0.1) is 0 Å². The number of carboxylic acid groups (broad SMARTS) is 1. The highest BCUT2D eigenvalue weighted by atomic mass is 16.4. The Kier molecular flexibility index (Phi) is 3.58. The molecule has 0 radical (unpaired) electrons. The molecule has 0 saturated carbocycles. The standard InChI is InChI=1S/C6H8O2/c1-2-3-4-5-6(7)8/h2-4H,1,5H2,(H,7,8)/b4-3-. The van der Waals surface area contributed by atoms with E-state index in [9.17, 15) is 4.79 Å². The Morgan fingerprint density at radius 3 is 2.75 bits per heavy atom. The van der Waals surface area contributed by atoms with Gasteiger partial charge in [0.05, 0.1) is 6.42 Å². The Morgan fingerprint density at radius 1 is 1.75 bits per heavy atom. The minimum atomic E-state index is -0.817. The lowest BCUT2D eigenvalue weighted by atomic mass is 10.4. The highest BCUT2D eigenvalue weighted by Crippen LogP contribution is 1.81. The zero-order valence-corrected chi connectivity index (χ0v) is 4.50. The first-order valence-corrected chi connectivity index (χ1v) is 2.26. The SMILES string of the molecule is C=C/C=C\CC(=O)O. The zero-order chi connectivity index (χ0) is 6.41. The topological polar surface area (TPSA) is 37.3 Å². The van der Waals surface area contributed by atoms with Gasteiger partial charge in [-0.1, -0.05) is 24.8 Å². The molecule has 0 saturated heterocycles. The molecule has 0 amide bonds. The predicted octanol–water partition coefficient (Wildman–Crippen LogP) is 1.20. The van der Waals surface area contributed by atoms with Gasteiger partial charge in [-0.15, -0.1) is 0 Å². The summed E-state index contributed by atoms with van der Waals surface area (Å²) in [7, 11) is 0. The number of carbonyl (C=O) groups is 1. The normalized spacial score (nSPS) is 9.50. The van der Waals surface area contributed by atoms with E-state index in [-0.39, 0.29) is 6.42 Å². The van der Waals surface area contributed by atoms with Gasteiger partial charge in [-0.05, 0) is 0 Å². The van der Waals surface area contributed by atoms with Crippen molar-refractivity contribution < 1.29 is 9.90 Å². The van der Waals surface area contributed by atoms with E-state index in [1.54, 1.807) is 12.2 Å². The number of allylic oxidation sites excluding steroid dienone is 2. The van der Waals surface area contributed by atoms with Gasteiger partial charge in [0.1, 0.15) is 0 Å². The third-order valence-electron chi connectivity index (χ3n) is 0.565. The summed E-state index contributed by atoms with van der Waals surface area (Å²) >= 11 is 0.